The van der Waals surface area contributed by atoms with Gasteiger partial charge in [0, 0.05) is 24.0 Å². The predicted octanol–water partition coefficient (Wildman–Crippen LogP) is 5.17. The van der Waals surface area contributed by atoms with Crippen LogP contribution >= 0.6 is 23.2 Å². The van der Waals surface area contributed by atoms with Crippen LogP contribution in [-0.2, 0) is 4.79 Å². The lowest BCUT2D eigenvalue weighted by Gasteiger charge is -2.25. The molecular formula is C20H21Cl2NO2. The molecule has 2 aromatic carbocycles. The number of hydrogen-bond donors (Lipinski definition) is 0. The molecule has 0 N–H and O–H groups in total. The van der Waals surface area contributed by atoms with Gasteiger partial charge in [0.15, 0.2) is 6.61 Å². The minimum atomic E-state index is -0.0110. The second-order valence-electron chi connectivity index (χ2n) is 6.31. The van der Waals surface area contributed by atoms with Crippen LogP contribution in [0, 0.1) is 0 Å². The molecule has 0 aliphatic carbocycles. The summed E-state index contributed by atoms with van der Waals surface area (Å²) < 4.78 is 5.61. The summed E-state index contributed by atoms with van der Waals surface area (Å²) in [6.07, 6.45) is 3.27. The van der Waals surface area contributed by atoms with E-state index in [4.69, 9.17) is 27.9 Å². The van der Waals surface area contributed by atoms with E-state index in [1.807, 2.05) is 11.0 Å². The fourth-order valence-corrected chi connectivity index (χ4v) is 3.65. The van der Waals surface area contributed by atoms with E-state index in [0.717, 1.165) is 32.4 Å². The van der Waals surface area contributed by atoms with Crippen LogP contribution in [0.4, 0.5) is 0 Å². The van der Waals surface area contributed by atoms with E-state index in [1.165, 1.54) is 5.56 Å². The first-order valence-electron chi connectivity index (χ1n) is 8.54. The third-order valence-corrected chi connectivity index (χ3v) is 5.07. The molecule has 1 aliphatic rings. The van der Waals surface area contributed by atoms with Crippen molar-refractivity contribution in [3.8, 4) is 5.75 Å². The van der Waals surface area contributed by atoms with Crippen molar-refractivity contribution < 1.29 is 9.53 Å². The van der Waals surface area contributed by atoms with Gasteiger partial charge in [-0.25, -0.2) is 0 Å². The summed E-state index contributed by atoms with van der Waals surface area (Å²) in [5, 5.41) is 0.959. The number of nitrogens with zero attached hydrogens (tertiary/aromatic N) is 1. The standard InChI is InChI=1S/C20H21Cl2NO2/c21-17-9-10-19(18(22)12-17)25-14-20(24)23-11-5-4-8-16(13-23)15-6-2-1-3-7-15/h1-3,6-7,9-10,12,16H,4-5,8,11,13-14H2. The van der Waals surface area contributed by atoms with Crippen LogP contribution in [0.15, 0.2) is 48.5 Å². The Hall–Kier alpha value is -1.71. The number of carbonyl (C=O) groups is 1. The summed E-state index contributed by atoms with van der Waals surface area (Å²) in [6, 6.07) is 15.4. The molecule has 0 aromatic heterocycles. The molecule has 25 heavy (non-hydrogen) atoms. The zero-order valence-electron chi connectivity index (χ0n) is 14.0. The fourth-order valence-electron chi connectivity index (χ4n) is 3.19. The lowest BCUT2D eigenvalue weighted by atomic mass is 9.94. The first-order valence-corrected chi connectivity index (χ1v) is 9.29. The van der Waals surface area contributed by atoms with E-state index < -0.39 is 0 Å². The lowest BCUT2D eigenvalue weighted by molar-refractivity contribution is -0.133. The molecule has 5 heteroatoms. The van der Waals surface area contributed by atoms with Crippen molar-refractivity contribution in [2.24, 2.45) is 0 Å². The van der Waals surface area contributed by atoms with Crippen LogP contribution < -0.4 is 4.74 Å². The number of rotatable bonds is 4. The van der Waals surface area contributed by atoms with Crippen molar-refractivity contribution >= 4 is 29.1 Å². The number of likely N-dealkylation sites (tertiary alicyclic amines) is 1. The highest BCUT2D eigenvalue weighted by Gasteiger charge is 2.23. The average molecular weight is 378 g/mol. The maximum Gasteiger partial charge on any atom is 0.260 e. The van der Waals surface area contributed by atoms with Gasteiger partial charge in [0.2, 0.25) is 0 Å². The molecule has 1 unspecified atom stereocenters. The molecule has 1 saturated heterocycles. The van der Waals surface area contributed by atoms with Gasteiger partial charge < -0.3 is 9.64 Å². The molecule has 1 heterocycles. The molecular weight excluding hydrogens is 357 g/mol. The molecule has 1 fully saturated rings. The Balaban J connectivity index is 1.62. The topological polar surface area (TPSA) is 29.5 Å². The van der Waals surface area contributed by atoms with Gasteiger partial charge in [-0.05, 0) is 36.6 Å². The maximum absolute atomic E-state index is 12.6. The van der Waals surface area contributed by atoms with Crippen LogP contribution in [0.1, 0.15) is 30.7 Å². The molecule has 1 aliphatic heterocycles. The fraction of sp³-hybridized carbons (Fsp3) is 0.350. The lowest BCUT2D eigenvalue weighted by Crippen LogP contribution is -2.37. The zero-order valence-corrected chi connectivity index (χ0v) is 15.5. The van der Waals surface area contributed by atoms with E-state index in [1.54, 1.807) is 18.2 Å². The smallest absolute Gasteiger partial charge is 0.260 e. The molecule has 0 bridgehead atoms. The number of halogens is 2. The summed E-state index contributed by atoms with van der Waals surface area (Å²) in [4.78, 5) is 14.5. The Bertz CT molecular complexity index is 721. The predicted molar refractivity (Wildman–Crippen MR) is 102 cm³/mol. The highest BCUT2D eigenvalue weighted by molar-refractivity contribution is 6.35. The Labute approximate surface area is 158 Å². The first-order chi connectivity index (χ1) is 12.1. The molecule has 2 aromatic rings. The van der Waals surface area contributed by atoms with Crippen molar-refractivity contribution in [3.63, 3.8) is 0 Å². The van der Waals surface area contributed by atoms with E-state index in [0.29, 0.717) is 21.7 Å². The minimum Gasteiger partial charge on any atom is -0.482 e. The normalized spacial score (nSPS) is 17.8. The van der Waals surface area contributed by atoms with Crippen LogP contribution in [0.3, 0.4) is 0 Å². The van der Waals surface area contributed by atoms with E-state index >= 15 is 0 Å². The largest absolute Gasteiger partial charge is 0.482 e. The van der Waals surface area contributed by atoms with Crippen LogP contribution in [-0.4, -0.2) is 30.5 Å². The van der Waals surface area contributed by atoms with Gasteiger partial charge in [-0.15, -0.1) is 0 Å². The van der Waals surface area contributed by atoms with Crippen LogP contribution in [0.5, 0.6) is 5.75 Å². The van der Waals surface area contributed by atoms with E-state index in [-0.39, 0.29) is 12.5 Å². The summed E-state index contributed by atoms with van der Waals surface area (Å²) in [5.74, 6) is 0.856. The number of ether oxygens (including phenoxy) is 1. The Morgan fingerprint density at radius 1 is 1.12 bits per heavy atom. The highest BCUT2D eigenvalue weighted by Crippen LogP contribution is 2.28. The number of amides is 1. The molecule has 0 radical (unpaired) electrons. The van der Waals surface area contributed by atoms with Gasteiger partial charge in [-0.1, -0.05) is 60.0 Å². The number of carbonyl (C=O) groups excluding carboxylic acids is 1. The summed E-state index contributed by atoms with van der Waals surface area (Å²) >= 11 is 12.0. The van der Waals surface area contributed by atoms with E-state index in [2.05, 4.69) is 24.3 Å². The average Bonchev–Trinajstić information content (AvgIpc) is 2.88. The Morgan fingerprint density at radius 2 is 1.92 bits per heavy atom. The van der Waals surface area contributed by atoms with Crippen molar-refractivity contribution in [1.29, 1.82) is 0 Å². The van der Waals surface area contributed by atoms with Gasteiger partial charge in [0.1, 0.15) is 5.75 Å². The summed E-state index contributed by atoms with van der Waals surface area (Å²) in [7, 11) is 0. The van der Waals surface area contributed by atoms with Crippen LogP contribution in [0.2, 0.25) is 10.0 Å². The molecule has 132 valence electrons. The minimum absolute atomic E-state index is 0.00570. The third-order valence-electron chi connectivity index (χ3n) is 4.54. The summed E-state index contributed by atoms with van der Waals surface area (Å²) in [5.41, 5.74) is 1.30. The SMILES string of the molecule is O=C(COc1ccc(Cl)cc1Cl)N1CCCCC(c2ccccc2)C1. The zero-order chi connectivity index (χ0) is 17.6. The van der Waals surface area contributed by atoms with Gasteiger partial charge in [0.05, 0.1) is 5.02 Å². The quantitative estimate of drug-likeness (QED) is 0.735. The monoisotopic (exact) mass is 377 g/mol. The first kappa shape index (κ1) is 18.1. The molecule has 3 rings (SSSR count). The van der Waals surface area contributed by atoms with Gasteiger partial charge in [-0.2, -0.15) is 0 Å². The Morgan fingerprint density at radius 3 is 2.68 bits per heavy atom. The third kappa shape index (κ3) is 4.90. The molecule has 0 saturated carbocycles. The second-order valence-corrected chi connectivity index (χ2v) is 7.15. The number of hydrogen-bond acceptors (Lipinski definition) is 2. The highest BCUT2D eigenvalue weighted by atomic mass is 35.5. The Kier molecular flexibility index (Phi) is 6.22. The second kappa shape index (κ2) is 8.59. The number of benzene rings is 2. The maximum atomic E-state index is 12.6. The summed E-state index contributed by atoms with van der Waals surface area (Å²) in [6.45, 7) is 1.50. The van der Waals surface area contributed by atoms with Gasteiger partial charge >= 0.3 is 0 Å². The van der Waals surface area contributed by atoms with E-state index in [9.17, 15) is 4.79 Å². The molecule has 3 nitrogen and oxygen atoms in total. The van der Waals surface area contributed by atoms with Crippen molar-refractivity contribution in [3.05, 3.63) is 64.1 Å². The van der Waals surface area contributed by atoms with Crippen molar-refractivity contribution in [2.75, 3.05) is 19.7 Å². The molecule has 1 amide bonds. The van der Waals surface area contributed by atoms with Crippen LogP contribution in [0.25, 0.3) is 0 Å². The molecule has 0 spiro atoms. The van der Waals surface area contributed by atoms with Gasteiger partial charge in [0.25, 0.3) is 5.91 Å². The molecule has 1 atom stereocenters. The van der Waals surface area contributed by atoms with Gasteiger partial charge in [-0.3, -0.25) is 4.79 Å². The van der Waals surface area contributed by atoms with Crippen molar-refractivity contribution in [1.82, 2.24) is 4.90 Å². The van der Waals surface area contributed by atoms with Crippen molar-refractivity contribution in [2.45, 2.75) is 25.2 Å².